The van der Waals surface area contributed by atoms with Crippen molar-refractivity contribution >= 4 is 28.9 Å². The number of carbonyl (C=O) groups is 1. The summed E-state index contributed by atoms with van der Waals surface area (Å²) >= 11 is 5.93. The number of benzene rings is 2. The first kappa shape index (κ1) is 21.3. The monoisotopic (exact) mass is 427 g/mol. The molecular weight excluding hydrogens is 407 g/mol. The average molecular weight is 428 g/mol. The van der Waals surface area contributed by atoms with Gasteiger partial charge in [-0.3, -0.25) is 9.69 Å². The summed E-state index contributed by atoms with van der Waals surface area (Å²) in [5, 5.41) is 2.55. The zero-order chi connectivity index (χ0) is 21.0. The summed E-state index contributed by atoms with van der Waals surface area (Å²) in [5.41, 5.74) is 0.148. The molecule has 0 radical (unpaired) electrons. The lowest BCUT2D eigenvalue weighted by molar-refractivity contribution is -0.137. The second-order valence-corrected chi connectivity index (χ2v) is 7.11. The van der Waals surface area contributed by atoms with E-state index in [1.807, 2.05) is 29.2 Å². The Morgan fingerprint density at radius 1 is 1.14 bits per heavy atom. The fourth-order valence-corrected chi connectivity index (χ4v) is 3.33. The van der Waals surface area contributed by atoms with Crippen LogP contribution in [0.3, 0.4) is 0 Å². The van der Waals surface area contributed by atoms with E-state index < -0.39 is 17.6 Å². The maximum atomic E-state index is 12.9. The Morgan fingerprint density at radius 3 is 2.52 bits per heavy atom. The molecule has 1 heterocycles. The Bertz CT molecular complexity index is 868. The number of hydrogen-bond donors (Lipinski definition) is 1. The summed E-state index contributed by atoms with van der Waals surface area (Å²) < 4.78 is 43.8. The number of amides is 1. The number of methoxy groups -OCH3 is 1. The zero-order valence-corrected chi connectivity index (χ0v) is 16.6. The summed E-state index contributed by atoms with van der Waals surface area (Å²) in [6, 6.07) is 10.6. The molecule has 0 unspecified atom stereocenters. The molecule has 1 aliphatic heterocycles. The summed E-state index contributed by atoms with van der Waals surface area (Å²) in [4.78, 5) is 16.5. The molecule has 2 aromatic carbocycles. The molecule has 0 bridgehead atoms. The van der Waals surface area contributed by atoms with Gasteiger partial charge in [0.2, 0.25) is 5.91 Å². The molecule has 1 amide bonds. The highest BCUT2D eigenvalue weighted by molar-refractivity contribution is 6.33. The number of halogens is 4. The highest BCUT2D eigenvalue weighted by atomic mass is 35.5. The van der Waals surface area contributed by atoms with Crippen molar-refractivity contribution < 1.29 is 22.7 Å². The first-order chi connectivity index (χ1) is 13.8. The SMILES string of the molecule is COc1cccc(N2CCN(CC(=O)Nc3cc(C(F)(F)F)ccc3Cl)CC2)c1. The van der Waals surface area contributed by atoms with Crippen molar-refractivity contribution in [2.45, 2.75) is 6.18 Å². The molecule has 0 aromatic heterocycles. The number of piperazine rings is 1. The van der Waals surface area contributed by atoms with Crippen LogP contribution in [0.5, 0.6) is 5.75 Å². The van der Waals surface area contributed by atoms with Crippen molar-refractivity contribution in [3.8, 4) is 5.75 Å². The zero-order valence-electron chi connectivity index (χ0n) is 15.8. The number of hydrogen-bond acceptors (Lipinski definition) is 4. The summed E-state index contributed by atoms with van der Waals surface area (Å²) in [6.45, 7) is 2.84. The third-order valence-corrected chi connectivity index (χ3v) is 5.06. The van der Waals surface area contributed by atoms with E-state index in [2.05, 4.69) is 10.2 Å². The molecule has 1 saturated heterocycles. The minimum atomic E-state index is -4.50. The van der Waals surface area contributed by atoms with E-state index in [1.165, 1.54) is 0 Å². The van der Waals surface area contributed by atoms with Crippen LogP contribution in [0.1, 0.15) is 5.56 Å². The Hall–Kier alpha value is -2.45. The predicted octanol–water partition coefficient (Wildman–Crippen LogP) is 4.13. The largest absolute Gasteiger partial charge is 0.497 e. The molecule has 2 aromatic rings. The van der Waals surface area contributed by atoms with E-state index in [9.17, 15) is 18.0 Å². The molecule has 5 nitrogen and oxygen atoms in total. The van der Waals surface area contributed by atoms with Crippen LogP contribution in [0.15, 0.2) is 42.5 Å². The molecular formula is C20H21ClF3N3O2. The maximum Gasteiger partial charge on any atom is 0.416 e. The molecule has 29 heavy (non-hydrogen) atoms. The second-order valence-electron chi connectivity index (χ2n) is 6.71. The maximum absolute atomic E-state index is 12.9. The third kappa shape index (κ3) is 5.55. The van der Waals surface area contributed by atoms with Gasteiger partial charge in [0, 0.05) is 37.9 Å². The molecule has 1 aliphatic rings. The highest BCUT2D eigenvalue weighted by Crippen LogP contribution is 2.33. The van der Waals surface area contributed by atoms with Gasteiger partial charge in [0.1, 0.15) is 5.75 Å². The quantitative estimate of drug-likeness (QED) is 0.779. The van der Waals surface area contributed by atoms with Gasteiger partial charge in [-0.25, -0.2) is 0 Å². The van der Waals surface area contributed by atoms with Crippen LogP contribution in [-0.2, 0) is 11.0 Å². The van der Waals surface area contributed by atoms with Gasteiger partial charge < -0.3 is 15.0 Å². The van der Waals surface area contributed by atoms with Gasteiger partial charge in [0.25, 0.3) is 0 Å². The highest BCUT2D eigenvalue weighted by Gasteiger charge is 2.31. The van der Waals surface area contributed by atoms with E-state index in [1.54, 1.807) is 7.11 Å². The number of rotatable bonds is 5. The number of alkyl halides is 3. The van der Waals surface area contributed by atoms with E-state index in [-0.39, 0.29) is 17.3 Å². The van der Waals surface area contributed by atoms with E-state index in [4.69, 9.17) is 16.3 Å². The van der Waals surface area contributed by atoms with Gasteiger partial charge >= 0.3 is 6.18 Å². The van der Waals surface area contributed by atoms with E-state index >= 15 is 0 Å². The van der Waals surface area contributed by atoms with Crippen molar-refractivity contribution in [1.82, 2.24) is 4.90 Å². The standard InChI is InChI=1S/C20H21ClF3N3O2/c1-29-16-4-2-3-15(12-16)27-9-7-26(8-10-27)13-19(28)25-18-11-14(20(22,23)24)5-6-17(18)21/h2-6,11-12H,7-10,13H2,1H3,(H,25,28). The van der Waals surface area contributed by atoms with Crippen LogP contribution in [0.2, 0.25) is 5.02 Å². The number of ether oxygens (including phenoxy) is 1. The fourth-order valence-electron chi connectivity index (χ4n) is 3.16. The molecule has 9 heteroatoms. The third-order valence-electron chi connectivity index (χ3n) is 4.73. The molecule has 0 atom stereocenters. The van der Waals surface area contributed by atoms with Crippen LogP contribution < -0.4 is 15.0 Å². The first-order valence-corrected chi connectivity index (χ1v) is 9.42. The van der Waals surface area contributed by atoms with Crippen LogP contribution in [0, 0.1) is 0 Å². The van der Waals surface area contributed by atoms with Crippen LogP contribution in [-0.4, -0.2) is 50.6 Å². The normalized spacial score (nSPS) is 15.3. The van der Waals surface area contributed by atoms with Crippen LogP contribution >= 0.6 is 11.6 Å². The molecule has 0 saturated carbocycles. The van der Waals surface area contributed by atoms with Gasteiger partial charge in [-0.2, -0.15) is 13.2 Å². The second kappa shape index (κ2) is 8.92. The van der Waals surface area contributed by atoms with Crippen LogP contribution in [0.4, 0.5) is 24.5 Å². The Morgan fingerprint density at radius 2 is 1.86 bits per heavy atom. The summed E-state index contributed by atoms with van der Waals surface area (Å²) in [6.07, 6.45) is -4.50. The molecule has 156 valence electrons. The fraction of sp³-hybridized carbons (Fsp3) is 0.350. The number of carbonyl (C=O) groups excluding carboxylic acids is 1. The van der Waals surface area contributed by atoms with E-state index in [0.717, 1.165) is 42.7 Å². The van der Waals surface area contributed by atoms with Gasteiger partial charge in [0.15, 0.2) is 0 Å². The molecule has 0 aliphatic carbocycles. The summed E-state index contributed by atoms with van der Waals surface area (Å²) in [7, 11) is 1.62. The summed E-state index contributed by atoms with van der Waals surface area (Å²) in [5.74, 6) is 0.378. The van der Waals surface area contributed by atoms with Gasteiger partial charge in [-0.15, -0.1) is 0 Å². The van der Waals surface area contributed by atoms with Crippen molar-refractivity contribution in [3.63, 3.8) is 0 Å². The van der Waals surface area contributed by atoms with Crippen molar-refractivity contribution in [2.75, 3.05) is 50.1 Å². The van der Waals surface area contributed by atoms with E-state index in [0.29, 0.717) is 13.1 Å². The number of anilines is 2. The van der Waals surface area contributed by atoms with Crippen molar-refractivity contribution in [3.05, 3.63) is 53.1 Å². The first-order valence-electron chi connectivity index (χ1n) is 9.04. The lowest BCUT2D eigenvalue weighted by Gasteiger charge is -2.35. The minimum absolute atomic E-state index is 0.0403. The number of nitrogens with one attached hydrogen (secondary N) is 1. The van der Waals surface area contributed by atoms with Crippen molar-refractivity contribution in [1.29, 1.82) is 0 Å². The van der Waals surface area contributed by atoms with Crippen molar-refractivity contribution in [2.24, 2.45) is 0 Å². The Kier molecular flexibility index (Phi) is 6.54. The molecule has 1 fully saturated rings. The van der Waals surface area contributed by atoms with Crippen LogP contribution in [0.25, 0.3) is 0 Å². The smallest absolute Gasteiger partial charge is 0.416 e. The van der Waals surface area contributed by atoms with Gasteiger partial charge in [-0.05, 0) is 30.3 Å². The number of nitrogens with zero attached hydrogens (tertiary/aromatic N) is 2. The molecule has 1 N–H and O–H groups in total. The Labute approximate surface area is 172 Å². The lowest BCUT2D eigenvalue weighted by Crippen LogP contribution is -2.48. The van der Waals surface area contributed by atoms with Gasteiger partial charge in [0.05, 0.1) is 29.9 Å². The predicted molar refractivity (Wildman–Crippen MR) is 107 cm³/mol. The molecule has 3 rings (SSSR count). The average Bonchev–Trinajstić information content (AvgIpc) is 2.69. The molecule has 0 spiro atoms. The Balaban J connectivity index is 1.55. The minimum Gasteiger partial charge on any atom is -0.497 e. The topological polar surface area (TPSA) is 44.8 Å². The lowest BCUT2D eigenvalue weighted by atomic mass is 10.2. The van der Waals surface area contributed by atoms with Gasteiger partial charge in [-0.1, -0.05) is 17.7 Å².